The number of aliphatic carboxylic acids is 2. The Bertz CT molecular complexity index is 2460. The number of rotatable bonds is 17. The SMILES string of the molecule is C=Cc1c2[nH]c(c1C)C=C1NC(=Cc3[nH]c(c(CCC(=O)N[C@@H](C=O)CC(=O)O)c3C)C=c3[nH]c(c(C)c3CCC(=O)N[C@@H](C=O)CC(=O)O)=C2)C(C)(O)C1=CCN=O. The number of amides is 2. The molecule has 0 aliphatic carbocycles. The van der Waals surface area contributed by atoms with Crippen molar-refractivity contribution in [3.8, 4) is 0 Å². The van der Waals surface area contributed by atoms with Crippen molar-refractivity contribution in [1.82, 2.24) is 30.9 Å². The van der Waals surface area contributed by atoms with Crippen LogP contribution < -0.4 is 26.6 Å². The van der Waals surface area contributed by atoms with E-state index in [1.165, 1.54) is 0 Å². The zero-order valence-electron chi connectivity index (χ0n) is 33.1. The van der Waals surface area contributed by atoms with Crippen LogP contribution in [0, 0.1) is 25.7 Å². The number of nitroso groups, excluding NO2 is 1. The molecule has 2 amide bonds. The number of aldehydes is 2. The standard InChI is InChI=1S/C42H47N7O10/c1-6-26-21(2)31-16-36-29(11-12-43-59)42(5,58)37(49-36)18-32-23(4)28(8-10-39(53)45-25(20-51)14-41(56)57)35(48-32)17-34-27(22(3)30(47-34)15-33(26)46-31)7-9-38(52)44-24(19-50)13-40(54)55/h6,11,15-20,24-25,46-49,58H,1,7-10,12-14H2,2-5H3,(H,44,52)(H,45,53)(H,54,55)(H,56,57)/t24-,25-,42?/m1/s1. The third-order valence-electron chi connectivity index (χ3n) is 10.6. The zero-order chi connectivity index (χ0) is 43.2. The van der Waals surface area contributed by atoms with Crippen molar-refractivity contribution in [3.63, 3.8) is 0 Å². The molecule has 3 aromatic rings. The Morgan fingerprint density at radius 2 is 1.34 bits per heavy atom. The molecule has 1 saturated heterocycles. The van der Waals surface area contributed by atoms with Gasteiger partial charge in [-0.1, -0.05) is 23.9 Å². The van der Waals surface area contributed by atoms with Crippen molar-refractivity contribution in [3.05, 3.63) is 101 Å². The fraction of sp³-hybridized carbons (Fsp3) is 0.333. The first-order valence-corrected chi connectivity index (χ1v) is 18.8. The first-order valence-electron chi connectivity index (χ1n) is 18.8. The molecule has 2 aliphatic heterocycles. The number of hydrogen-bond acceptors (Lipinski definition) is 10. The summed E-state index contributed by atoms with van der Waals surface area (Å²) in [7, 11) is 0. The molecule has 0 radical (unpaired) electrons. The predicted molar refractivity (Wildman–Crippen MR) is 219 cm³/mol. The van der Waals surface area contributed by atoms with Gasteiger partial charge in [-0.3, -0.25) is 19.2 Å². The molecule has 3 aromatic heterocycles. The van der Waals surface area contributed by atoms with Crippen molar-refractivity contribution in [2.24, 2.45) is 5.18 Å². The molecule has 0 saturated carbocycles. The number of fused-ring (bicyclic) bond motifs is 8. The van der Waals surface area contributed by atoms with Crippen molar-refractivity contribution in [1.29, 1.82) is 0 Å². The van der Waals surface area contributed by atoms with Crippen molar-refractivity contribution in [2.75, 3.05) is 6.54 Å². The van der Waals surface area contributed by atoms with Crippen LogP contribution in [-0.2, 0) is 41.6 Å². The highest BCUT2D eigenvalue weighted by molar-refractivity contribution is 5.84. The van der Waals surface area contributed by atoms with Gasteiger partial charge < -0.3 is 55.8 Å². The van der Waals surface area contributed by atoms with Crippen LogP contribution in [0.5, 0.6) is 0 Å². The fourth-order valence-corrected chi connectivity index (χ4v) is 7.44. The number of aliphatic hydroxyl groups is 1. The second-order valence-corrected chi connectivity index (χ2v) is 14.7. The van der Waals surface area contributed by atoms with Crippen LogP contribution in [0.1, 0.15) is 88.8 Å². The number of carboxylic acids is 2. The second kappa shape index (κ2) is 18.1. The van der Waals surface area contributed by atoms with Crippen LogP contribution in [0.3, 0.4) is 0 Å². The largest absolute Gasteiger partial charge is 0.481 e. The highest BCUT2D eigenvalue weighted by Gasteiger charge is 2.40. The average molecular weight is 810 g/mol. The molecule has 17 nitrogen and oxygen atoms in total. The lowest BCUT2D eigenvalue weighted by atomic mass is 9.93. The Hall–Kier alpha value is -6.88. The first kappa shape index (κ1) is 43.2. The topological polar surface area (TPSA) is 276 Å². The minimum Gasteiger partial charge on any atom is -0.481 e. The van der Waals surface area contributed by atoms with E-state index in [4.69, 9.17) is 10.2 Å². The second-order valence-electron chi connectivity index (χ2n) is 14.7. The van der Waals surface area contributed by atoms with Crippen LogP contribution in [-0.4, -0.2) is 90.8 Å². The number of carbonyl (C=O) groups is 6. The minimum absolute atomic E-state index is 0.0846. The lowest BCUT2D eigenvalue weighted by molar-refractivity contribution is -0.139. The zero-order valence-corrected chi connectivity index (χ0v) is 33.1. The van der Waals surface area contributed by atoms with Gasteiger partial charge in [-0.15, -0.1) is 0 Å². The molecule has 0 spiro atoms. The van der Waals surface area contributed by atoms with Crippen molar-refractivity contribution >= 4 is 66.7 Å². The number of nitrogens with one attached hydrogen (secondary N) is 6. The third-order valence-corrected chi connectivity index (χ3v) is 10.6. The van der Waals surface area contributed by atoms with Crippen molar-refractivity contribution < 1.29 is 44.1 Å². The van der Waals surface area contributed by atoms with E-state index in [-0.39, 0.29) is 32.2 Å². The molecule has 9 N–H and O–H groups in total. The molecule has 59 heavy (non-hydrogen) atoms. The van der Waals surface area contributed by atoms with Gasteiger partial charge in [0.25, 0.3) is 0 Å². The molecule has 8 bridgehead atoms. The molecule has 1 fully saturated rings. The minimum atomic E-state index is -1.61. The van der Waals surface area contributed by atoms with Gasteiger partial charge in [-0.05, 0) is 92.7 Å². The number of aromatic amines is 3. The number of H-pyrrole nitrogens is 3. The van der Waals surface area contributed by atoms with E-state index in [0.29, 0.717) is 74.1 Å². The number of nitrogens with zero attached hydrogens (tertiary/aromatic N) is 1. The van der Waals surface area contributed by atoms with Crippen molar-refractivity contribution in [2.45, 2.75) is 83.9 Å². The monoisotopic (exact) mass is 809 g/mol. The third kappa shape index (κ3) is 9.64. The molecular formula is C42H47N7O10. The number of hydrogen-bond donors (Lipinski definition) is 9. The van der Waals surface area contributed by atoms with E-state index in [0.717, 1.165) is 22.3 Å². The van der Waals surface area contributed by atoms with E-state index in [1.54, 1.807) is 25.2 Å². The van der Waals surface area contributed by atoms with Crippen LogP contribution in [0.15, 0.2) is 34.8 Å². The molecule has 3 atom stereocenters. The van der Waals surface area contributed by atoms with Crippen LogP contribution >= 0.6 is 0 Å². The summed E-state index contributed by atoms with van der Waals surface area (Å²) in [6.07, 6.45) is 10.3. The Morgan fingerprint density at radius 1 is 0.780 bits per heavy atom. The Kier molecular flexibility index (Phi) is 13.3. The molecule has 310 valence electrons. The summed E-state index contributed by atoms with van der Waals surface area (Å²) in [5.41, 5.74) is 6.80. The van der Waals surface area contributed by atoms with Gasteiger partial charge in [0.05, 0.1) is 37.2 Å². The first-order chi connectivity index (χ1) is 28.0. The maximum Gasteiger partial charge on any atom is 0.305 e. The molecule has 1 unspecified atom stereocenters. The summed E-state index contributed by atoms with van der Waals surface area (Å²) in [5.74, 6) is -3.55. The van der Waals surface area contributed by atoms with Crippen LogP contribution in [0.25, 0.3) is 30.4 Å². The van der Waals surface area contributed by atoms with E-state index >= 15 is 0 Å². The van der Waals surface area contributed by atoms with E-state index in [2.05, 4.69) is 42.7 Å². The molecular weight excluding hydrogens is 763 g/mol. The smallest absolute Gasteiger partial charge is 0.305 e. The van der Waals surface area contributed by atoms with E-state index in [9.17, 15) is 38.8 Å². The Morgan fingerprint density at radius 3 is 1.90 bits per heavy atom. The lowest BCUT2D eigenvalue weighted by Gasteiger charge is -2.19. The summed E-state index contributed by atoms with van der Waals surface area (Å²) < 4.78 is 0. The average Bonchev–Trinajstić information content (AvgIpc) is 3.81. The van der Waals surface area contributed by atoms with Crippen LogP contribution in [0.2, 0.25) is 0 Å². The van der Waals surface area contributed by atoms with Gasteiger partial charge in [-0.25, -0.2) is 0 Å². The van der Waals surface area contributed by atoms with Gasteiger partial charge in [0.2, 0.25) is 11.8 Å². The normalized spacial score (nSPS) is 17.3. The highest BCUT2D eigenvalue weighted by Crippen LogP contribution is 2.39. The van der Waals surface area contributed by atoms with Gasteiger partial charge >= 0.3 is 11.9 Å². The molecule has 5 heterocycles. The summed E-state index contributed by atoms with van der Waals surface area (Å²) in [6, 6.07) is -2.40. The summed E-state index contributed by atoms with van der Waals surface area (Å²) in [4.78, 5) is 93.0. The summed E-state index contributed by atoms with van der Waals surface area (Å²) >= 11 is 0. The fourth-order valence-electron chi connectivity index (χ4n) is 7.44. The molecule has 0 aromatic carbocycles. The maximum absolute atomic E-state index is 13.0. The Balaban J connectivity index is 1.72. The summed E-state index contributed by atoms with van der Waals surface area (Å²) in [6.45, 7) is 11.1. The van der Waals surface area contributed by atoms with Crippen LogP contribution in [0.4, 0.5) is 0 Å². The number of carbonyl (C=O) groups excluding carboxylic acids is 4. The molecule has 17 heteroatoms. The quantitative estimate of drug-likeness (QED) is 0.0701. The molecule has 2 aliphatic rings. The van der Waals surface area contributed by atoms with E-state index < -0.39 is 54.3 Å². The van der Waals surface area contributed by atoms with E-state index in [1.807, 2.05) is 39.0 Å². The van der Waals surface area contributed by atoms with Gasteiger partial charge in [0.1, 0.15) is 18.2 Å². The lowest BCUT2D eigenvalue weighted by Crippen LogP contribution is -2.37. The number of carboxylic acid groups (broad SMARTS) is 2. The molecule has 5 rings (SSSR count). The Labute approximate surface area is 338 Å². The summed E-state index contributed by atoms with van der Waals surface area (Å²) in [5, 5.41) is 42.8. The van der Waals surface area contributed by atoms with Gasteiger partial charge in [0, 0.05) is 63.1 Å². The van der Waals surface area contributed by atoms with Gasteiger partial charge in [-0.2, -0.15) is 4.91 Å². The number of aromatic nitrogens is 3. The highest BCUT2D eigenvalue weighted by atomic mass is 16.4. The predicted octanol–water partition coefficient (Wildman–Crippen LogP) is 1.82. The van der Waals surface area contributed by atoms with Gasteiger partial charge in [0.15, 0.2) is 0 Å². The maximum atomic E-state index is 13.0.